The molecule has 0 amide bonds. The van der Waals surface area contributed by atoms with Crippen LogP contribution in [0.4, 0.5) is 5.69 Å². The standard InChI is InChI=1S/C12H16ClN3O4/c1-20-9(18)6-16-11(19)10(13)8(5-14-16)15-12(7-17)3-2-4-12/h5,15,17H,2-4,6-7H2,1H3. The Bertz CT molecular complexity index is 563. The molecule has 1 aliphatic rings. The second-order valence-corrected chi connectivity index (χ2v) is 5.21. The van der Waals surface area contributed by atoms with Gasteiger partial charge < -0.3 is 15.2 Å². The Morgan fingerprint density at radius 1 is 1.65 bits per heavy atom. The quantitative estimate of drug-likeness (QED) is 0.765. The zero-order valence-electron chi connectivity index (χ0n) is 11.1. The van der Waals surface area contributed by atoms with Gasteiger partial charge in [0.15, 0.2) is 0 Å². The van der Waals surface area contributed by atoms with E-state index in [0.29, 0.717) is 5.69 Å². The molecule has 1 heterocycles. The first-order valence-electron chi connectivity index (χ1n) is 6.23. The number of methoxy groups -OCH3 is 1. The summed E-state index contributed by atoms with van der Waals surface area (Å²) < 4.78 is 5.41. The predicted molar refractivity (Wildman–Crippen MR) is 72.8 cm³/mol. The van der Waals surface area contributed by atoms with E-state index in [-0.39, 0.29) is 18.2 Å². The summed E-state index contributed by atoms with van der Waals surface area (Å²) in [6.45, 7) is -0.324. The van der Waals surface area contributed by atoms with E-state index in [1.807, 2.05) is 0 Å². The molecule has 1 aromatic rings. The summed E-state index contributed by atoms with van der Waals surface area (Å²) in [5.41, 5.74) is -0.632. The number of esters is 1. The molecule has 0 atom stereocenters. The zero-order valence-corrected chi connectivity index (χ0v) is 11.8. The number of aromatic nitrogens is 2. The third kappa shape index (κ3) is 2.78. The number of aliphatic hydroxyl groups excluding tert-OH is 1. The molecule has 1 saturated carbocycles. The van der Waals surface area contributed by atoms with Gasteiger partial charge in [-0.2, -0.15) is 5.10 Å². The number of halogens is 1. The summed E-state index contributed by atoms with van der Waals surface area (Å²) in [5, 5.41) is 16.3. The van der Waals surface area contributed by atoms with Crippen LogP contribution in [-0.2, 0) is 16.1 Å². The highest BCUT2D eigenvalue weighted by Crippen LogP contribution is 2.35. The highest BCUT2D eigenvalue weighted by atomic mass is 35.5. The van der Waals surface area contributed by atoms with E-state index in [4.69, 9.17) is 11.6 Å². The molecular formula is C12H16ClN3O4. The lowest BCUT2D eigenvalue weighted by Gasteiger charge is -2.41. The highest BCUT2D eigenvalue weighted by molar-refractivity contribution is 6.33. The van der Waals surface area contributed by atoms with Gasteiger partial charge >= 0.3 is 5.97 Å². The Labute approximate surface area is 120 Å². The molecule has 2 N–H and O–H groups in total. The van der Waals surface area contributed by atoms with Crippen molar-refractivity contribution in [2.45, 2.75) is 31.3 Å². The van der Waals surface area contributed by atoms with Crippen LogP contribution in [-0.4, -0.2) is 40.1 Å². The van der Waals surface area contributed by atoms with Crippen molar-refractivity contribution in [3.63, 3.8) is 0 Å². The molecule has 2 rings (SSSR count). The Hall–Kier alpha value is -1.60. The molecule has 1 aromatic heterocycles. The summed E-state index contributed by atoms with van der Waals surface area (Å²) in [6.07, 6.45) is 4.01. The van der Waals surface area contributed by atoms with Crippen LogP contribution in [0, 0.1) is 0 Å². The number of rotatable bonds is 5. The fourth-order valence-electron chi connectivity index (χ4n) is 2.06. The fraction of sp³-hybridized carbons (Fsp3) is 0.583. The number of carbonyl (C=O) groups is 1. The Balaban J connectivity index is 2.22. The number of hydrogen-bond donors (Lipinski definition) is 2. The van der Waals surface area contributed by atoms with Crippen LogP contribution in [0.15, 0.2) is 11.0 Å². The smallest absolute Gasteiger partial charge is 0.327 e. The fourth-order valence-corrected chi connectivity index (χ4v) is 2.26. The average molecular weight is 302 g/mol. The Morgan fingerprint density at radius 3 is 2.85 bits per heavy atom. The number of carbonyl (C=O) groups excluding carboxylic acids is 1. The average Bonchev–Trinajstić information content (AvgIpc) is 2.41. The number of hydrogen-bond acceptors (Lipinski definition) is 6. The van der Waals surface area contributed by atoms with E-state index in [0.717, 1.165) is 23.9 Å². The molecule has 0 unspecified atom stereocenters. The molecular weight excluding hydrogens is 286 g/mol. The molecule has 0 aromatic carbocycles. The number of ether oxygens (including phenoxy) is 1. The van der Waals surface area contributed by atoms with Crippen molar-refractivity contribution in [1.29, 1.82) is 0 Å². The predicted octanol–water partition coefficient (Wildman–Crippen LogP) is 0.397. The first-order chi connectivity index (χ1) is 9.51. The molecule has 0 saturated heterocycles. The third-order valence-electron chi connectivity index (χ3n) is 3.50. The summed E-state index contributed by atoms with van der Waals surface area (Å²) in [5.74, 6) is -0.581. The number of anilines is 1. The van der Waals surface area contributed by atoms with E-state index in [1.54, 1.807) is 0 Å². The SMILES string of the molecule is COC(=O)Cn1ncc(NC2(CO)CCC2)c(Cl)c1=O. The molecule has 7 nitrogen and oxygen atoms in total. The molecule has 110 valence electrons. The molecule has 1 aliphatic carbocycles. The molecule has 1 fully saturated rings. The van der Waals surface area contributed by atoms with Crippen molar-refractivity contribution < 1.29 is 14.6 Å². The minimum Gasteiger partial charge on any atom is -0.468 e. The van der Waals surface area contributed by atoms with Gasteiger partial charge in [-0.25, -0.2) is 4.68 Å². The van der Waals surface area contributed by atoms with Gasteiger partial charge in [-0.15, -0.1) is 0 Å². The summed E-state index contributed by atoms with van der Waals surface area (Å²) in [7, 11) is 1.23. The van der Waals surface area contributed by atoms with Gasteiger partial charge in [0.25, 0.3) is 5.56 Å². The first-order valence-corrected chi connectivity index (χ1v) is 6.60. The van der Waals surface area contributed by atoms with Crippen molar-refractivity contribution in [1.82, 2.24) is 9.78 Å². The lowest BCUT2D eigenvalue weighted by Crippen LogP contribution is -2.48. The van der Waals surface area contributed by atoms with Crippen LogP contribution in [0.5, 0.6) is 0 Å². The van der Waals surface area contributed by atoms with Crippen molar-refractivity contribution >= 4 is 23.3 Å². The highest BCUT2D eigenvalue weighted by Gasteiger charge is 2.37. The summed E-state index contributed by atoms with van der Waals surface area (Å²) >= 11 is 6.00. The minimum absolute atomic E-state index is 0.0332. The zero-order chi connectivity index (χ0) is 14.8. The number of nitrogens with one attached hydrogen (secondary N) is 1. The van der Waals surface area contributed by atoms with Gasteiger partial charge in [0, 0.05) is 0 Å². The van der Waals surface area contributed by atoms with Crippen LogP contribution >= 0.6 is 11.6 Å². The van der Waals surface area contributed by atoms with Crippen molar-refractivity contribution in [3.05, 3.63) is 21.6 Å². The first kappa shape index (κ1) is 14.8. The maximum absolute atomic E-state index is 12.0. The molecule has 8 heteroatoms. The van der Waals surface area contributed by atoms with Crippen molar-refractivity contribution in [2.24, 2.45) is 0 Å². The van der Waals surface area contributed by atoms with Gasteiger partial charge in [-0.05, 0) is 19.3 Å². The van der Waals surface area contributed by atoms with Gasteiger partial charge in [0.05, 0.1) is 31.1 Å². The molecule has 0 aliphatic heterocycles. The topological polar surface area (TPSA) is 93.5 Å². The largest absolute Gasteiger partial charge is 0.468 e. The number of aliphatic hydroxyl groups is 1. The monoisotopic (exact) mass is 301 g/mol. The van der Waals surface area contributed by atoms with Crippen LogP contribution in [0.3, 0.4) is 0 Å². The van der Waals surface area contributed by atoms with Crippen LogP contribution in [0.25, 0.3) is 0 Å². The van der Waals surface area contributed by atoms with Gasteiger partial charge in [0.1, 0.15) is 11.6 Å². The molecule has 0 bridgehead atoms. The van der Waals surface area contributed by atoms with Gasteiger partial charge in [-0.1, -0.05) is 11.6 Å². The maximum atomic E-state index is 12.0. The van der Waals surface area contributed by atoms with Gasteiger partial charge in [0.2, 0.25) is 0 Å². The van der Waals surface area contributed by atoms with Crippen molar-refractivity contribution in [3.8, 4) is 0 Å². The van der Waals surface area contributed by atoms with E-state index in [2.05, 4.69) is 15.2 Å². The Morgan fingerprint density at radius 2 is 2.35 bits per heavy atom. The summed E-state index contributed by atoms with van der Waals surface area (Å²) in [4.78, 5) is 23.1. The lowest BCUT2D eigenvalue weighted by molar-refractivity contribution is -0.141. The molecule has 20 heavy (non-hydrogen) atoms. The van der Waals surface area contributed by atoms with Gasteiger partial charge in [-0.3, -0.25) is 9.59 Å². The van der Waals surface area contributed by atoms with Crippen molar-refractivity contribution in [2.75, 3.05) is 19.0 Å². The lowest BCUT2D eigenvalue weighted by atomic mass is 9.77. The minimum atomic E-state index is -0.581. The molecule has 0 spiro atoms. The second-order valence-electron chi connectivity index (χ2n) is 4.83. The van der Waals surface area contributed by atoms with Crippen LogP contribution in [0.2, 0.25) is 5.02 Å². The molecule has 0 radical (unpaired) electrons. The summed E-state index contributed by atoms with van der Waals surface area (Å²) in [6, 6.07) is 0. The van der Waals surface area contributed by atoms with E-state index >= 15 is 0 Å². The van der Waals surface area contributed by atoms with Crippen LogP contribution in [0.1, 0.15) is 19.3 Å². The van der Waals surface area contributed by atoms with E-state index < -0.39 is 17.1 Å². The third-order valence-corrected chi connectivity index (χ3v) is 3.87. The second kappa shape index (κ2) is 5.80. The Kier molecular flexibility index (Phi) is 4.29. The normalized spacial score (nSPS) is 16.4. The van der Waals surface area contributed by atoms with Crippen LogP contribution < -0.4 is 10.9 Å². The van der Waals surface area contributed by atoms with E-state index in [1.165, 1.54) is 13.3 Å². The number of nitrogens with zero attached hydrogens (tertiary/aromatic N) is 2. The maximum Gasteiger partial charge on any atom is 0.327 e. The van der Waals surface area contributed by atoms with E-state index in [9.17, 15) is 14.7 Å².